The van der Waals surface area contributed by atoms with Crippen LogP contribution < -0.4 is 0 Å². The second-order valence-electron chi connectivity index (χ2n) is 6.06. The van der Waals surface area contributed by atoms with Crippen LogP contribution in [0.5, 0.6) is 0 Å². The zero-order valence-electron chi connectivity index (χ0n) is 14.1. The van der Waals surface area contributed by atoms with Gasteiger partial charge in [-0.3, -0.25) is 4.79 Å². The van der Waals surface area contributed by atoms with E-state index in [0.717, 1.165) is 32.7 Å². The molecule has 2 heterocycles. The van der Waals surface area contributed by atoms with Crippen LogP contribution in [0.2, 0.25) is 0 Å². The third-order valence-electron chi connectivity index (χ3n) is 4.37. The first-order valence-electron chi connectivity index (χ1n) is 8.11. The Hall–Kier alpha value is -2.93. The maximum atomic E-state index is 12.8. The summed E-state index contributed by atoms with van der Waals surface area (Å²) in [7, 11) is 0. The van der Waals surface area contributed by atoms with Crippen molar-refractivity contribution < 1.29 is 18.0 Å². The topological polar surface area (TPSA) is 34.9 Å². The lowest BCUT2D eigenvalue weighted by Crippen LogP contribution is -2.15. The first-order chi connectivity index (χ1) is 12.9. The van der Waals surface area contributed by atoms with E-state index in [1.165, 1.54) is 23.0 Å². The summed E-state index contributed by atoms with van der Waals surface area (Å²) in [6.07, 6.45) is -2.92. The summed E-state index contributed by atoms with van der Waals surface area (Å²) < 4.78 is 40.5. The quantitative estimate of drug-likeness (QED) is 0.438. The molecule has 3 nitrogen and oxygen atoms in total. The van der Waals surface area contributed by atoms with E-state index in [-0.39, 0.29) is 5.56 Å². The second-order valence-corrected chi connectivity index (χ2v) is 7.11. The van der Waals surface area contributed by atoms with Crippen molar-refractivity contribution >= 4 is 27.3 Å². The molecule has 2 aromatic carbocycles. The molecule has 0 unspecified atom stereocenters. The zero-order chi connectivity index (χ0) is 19.2. The Balaban J connectivity index is 1.75. The number of aryl methyl sites for hydroxylation is 1. The molecule has 0 radical (unpaired) electrons. The largest absolute Gasteiger partial charge is 0.416 e. The molecule has 0 aliphatic heterocycles. The number of benzene rings is 2. The maximum Gasteiger partial charge on any atom is 0.416 e. The number of hydrogen-bond acceptors (Lipinski definition) is 3. The highest BCUT2D eigenvalue weighted by molar-refractivity contribution is 7.22. The third-order valence-corrected chi connectivity index (χ3v) is 5.67. The van der Waals surface area contributed by atoms with Gasteiger partial charge in [-0.2, -0.15) is 23.0 Å². The molecule has 4 rings (SSSR count). The van der Waals surface area contributed by atoms with E-state index >= 15 is 0 Å². The number of aromatic nitrogens is 2. The van der Waals surface area contributed by atoms with Crippen LogP contribution in [-0.2, 0) is 6.18 Å². The van der Waals surface area contributed by atoms with E-state index in [4.69, 9.17) is 0 Å². The highest BCUT2D eigenvalue weighted by Gasteiger charge is 2.30. The Morgan fingerprint density at radius 1 is 1.04 bits per heavy atom. The fourth-order valence-electron chi connectivity index (χ4n) is 2.98. The van der Waals surface area contributed by atoms with Gasteiger partial charge in [0, 0.05) is 10.3 Å². The molecule has 0 amide bonds. The molecule has 0 saturated carbocycles. The van der Waals surface area contributed by atoms with Crippen LogP contribution in [0.3, 0.4) is 0 Å². The number of halogens is 3. The van der Waals surface area contributed by atoms with Gasteiger partial charge in [0.25, 0.3) is 5.91 Å². The molecule has 136 valence electrons. The van der Waals surface area contributed by atoms with Crippen LogP contribution >= 0.6 is 11.3 Å². The SMILES string of the molecule is Cc1c(-c2ccnn2C(=O)c2ccc(C(F)(F)F)cc2)sc2ccccc12. The highest BCUT2D eigenvalue weighted by atomic mass is 32.1. The van der Waals surface area contributed by atoms with Crippen LogP contribution in [-0.4, -0.2) is 15.7 Å². The minimum atomic E-state index is -4.44. The standard InChI is InChI=1S/C20H13F3N2OS/c1-12-15-4-2-3-5-17(15)27-18(12)16-10-11-24-25(16)19(26)13-6-8-14(9-7-13)20(21,22)23/h2-11H,1H3. The molecule has 0 aliphatic carbocycles. The molecule has 0 bridgehead atoms. The van der Waals surface area contributed by atoms with Crippen molar-refractivity contribution in [1.29, 1.82) is 0 Å². The molecular formula is C20H13F3N2OS. The molecule has 0 N–H and O–H groups in total. The van der Waals surface area contributed by atoms with Crippen LogP contribution in [0, 0.1) is 6.92 Å². The summed E-state index contributed by atoms with van der Waals surface area (Å²) in [5.74, 6) is -0.472. The average molecular weight is 386 g/mol. The van der Waals surface area contributed by atoms with Gasteiger partial charge in [-0.15, -0.1) is 11.3 Å². The summed E-state index contributed by atoms with van der Waals surface area (Å²) in [4.78, 5) is 13.7. The molecule has 0 aliphatic rings. The molecule has 7 heteroatoms. The first kappa shape index (κ1) is 17.5. The van der Waals surface area contributed by atoms with Gasteiger partial charge in [0.15, 0.2) is 0 Å². The number of carbonyl (C=O) groups excluding carboxylic acids is 1. The predicted molar refractivity (Wildman–Crippen MR) is 99.0 cm³/mol. The van der Waals surface area contributed by atoms with Gasteiger partial charge in [0.1, 0.15) is 0 Å². The Morgan fingerprint density at radius 3 is 2.41 bits per heavy atom. The Labute approximate surface area is 156 Å². The minimum absolute atomic E-state index is 0.145. The van der Waals surface area contributed by atoms with Crippen molar-refractivity contribution in [3.63, 3.8) is 0 Å². The van der Waals surface area contributed by atoms with Gasteiger partial charge in [-0.05, 0) is 54.3 Å². The number of rotatable bonds is 2. The Bertz CT molecular complexity index is 1140. The van der Waals surface area contributed by atoms with Gasteiger partial charge in [0.05, 0.1) is 22.3 Å². The van der Waals surface area contributed by atoms with E-state index in [1.54, 1.807) is 17.4 Å². The molecule has 4 aromatic rings. The second kappa shape index (κ2) is 6.35. The van der Waals surface area contributed by atoms with Crippen molar-refractivity contribution in [2.24, 2.45) is 0 Å². The molecule has 27 heavy (non-hydrogen) atoms. The number of carbonyl (C=O) groups is 1. The van der Waals surface area contributed by atoms with Crippen LogP contribution in [0.4, 0.5) is 13.2 Å². The summed E-state index contributed by atoms with van der Waals surface area (Å²) in [5, 5.41) is 5.21. The van der Waals surface area contributed by atoms with E-state index in [2.05, 4.69) is 5.10 Å². The molecular weight excluding hydrogens is 373 g/mol. The van der Waals surface area contributed by atoms with Gasteiger partial charge in [0.2, 0.25) is 0 Å². The highest BCUT2D eigenvalue weighted by Crippen LogP contribution is 2.38. The predicted octanol–water partition coefficient (Wildman–Crippen LogP) is 5.78. The van der Waals surface area contributed by atoms with E-state index in [0.29, 0.717) is 5.69 Å². The van der Waals surface area contributed by atoms with Gasteiger partial charge in [-0.1, -0.05) is 18.2 Å². The summed E-state index contributed by atoms with van der Waals surface area (Å²) in [6, 6.07) is 13.8. The van der Waals surface area contributed by atoms with Crippen molar-refractivity contribution in [1.82, 2.24) is 9.78 Å². The Morgan fingerprint density at radius 2 is 1.74 bits per heavy atom. The summed E-state index contributed by atoms with van der Waals surface area (Å²) in [5.41, 5.74) is 1.02. The summed E-state index contributed by atoms with van der Waals surface area (Å²) in [6.45, 7) is 1.98. The Kier molecular flexibility index (Phi) is 4.11. The van der Waals surface area contributed by atoms with Crippen molar-refractivity contribution in [2.45, 2.75) is 13.1 Å². The molecule has 0 fully saturated rings. The maximum absolute atomic E-state index is 12.8. The normalized spacial score (nSPS) is 11.9. The van der Waals surface area contributed by atoms with Crippen LogP contribution in [0.15, 0.2) is 60.8 Å². The minimum Gasteiger partial charge on any atom is -0.267 e. The van der Waals surface area contributed by atoms with E-state index < -0.39 is 17.6 Å². The third kappa shape index (κ3) is 3.04. The van der Waals surface area contributed by atoms with Crippen molar-refractivity contribution in [2.75, 3.05) is 0 Å². The lowest BCUT2D eigenvalue weighted by atomic mass is 10.1. The lowest BCUT2D eigenvalue weighted by molar-refractivity contribution is -0.137. The first-order valence-corrected chi connectivity index (χ1v) is 8.92. The molecule has 0 spiro atoms. The number of thiophene rings is 1. The lowest BCUT2D eigenvalue weighted by Gasteiger charge is -2.09. The van der Waals surface area contributed by atoms with Crippen molar-refractivity contribution in [3.05, 3.63) is 77.5 Å². The van der Waals surface area contributed by atoms with E-state index in [1.807, 2.05) is 31.2 Å². The number of alkyl halides is 3. The van der Waals surface area contributed by atoms with Gasteiger partial charge in [-0.25, -0.2) is 0 Å². The zero-order valence-corrected chi connectivity index (χ0v) is 14.9. The fraction of sp³-hybridized carbons (Fsp3) is 0.100. The smallest absolute Gasteiger partial charge is 0.267 e. The fourth-order valence-corrected chi connectivity index (χ4v) is 4.20. The summed E-state index contributed by atoms with van der Waals surface area (Å²) >= 11 is 1.55. The molecule has 2 aromatic heterocycles. The van der Waals surface area contributed by atoms with Crippen LogP contribution in [0.1, 0.15) is 21.5 Å². The van der Waals surface area contributed by atoms with Crippen molar-refractivity contribution in [3.8, 4) is 10.6 Å². The van der Waals surface area contributed by atoms with Gasteiger partial charge >= 0.3 is 6.18 Å². The molecule has 0 saturated heterocycles. The van der Waals surface area contributed by atoms with E-state index in [9.17, 15) is 18.0 Å². The van der Waals surface area contributed by atoms with Crippen LogP contribution in [0.25, 0.3) is 20.7 Å². The molecule has 0 atom stereocenters. The number of nitrogens with zero attached hydrogens (tertiary/aromatic N) is 2. The number of hydrogen-bond donors (Lipinski definition) is 0. The monoisotopic (exact) mass is 386 g/mol. The van der Waals surface area contributed by atoms with Gasteiger partial charge < -0.3 is 0 Å². The number of fused-ring (bicyclic) bond motifs is 1. The average Bonchev–Trinajstić information content (AvgIpc) is 3.25.